The number of amides is 1. The van der Waals surface area contributed by atoms with Crippen molar-refractivity contribution < 1.29 is 18.1 Å². The second kappa shape index (κ2) is 11.0. The normalized spacial score (nSPS) is 22.2. The Labute approximate surface area is 258 Å². The number of fused-ring (bicyclic) bond motifs is 1. The van der Waals surface area contributed by atoms with Gasteiger partial charge in [0.25, 0.3) is 0 Å². The van der Waals surface area contributed by atoms with Crippen LogP contribution in [-0.2, 0) is 6.54 Å². The van der Waals surface area contributed by atoms with Gasteiger partial charge in [0.15, 0.2) is 11.3 Å². The number of primary amides is 1. The lowest BCUT2D eigenvalue weighted by Gasteiger charge is -2.63. The topological polar surface area (TPSA) is 75.2 Å². The molecular formula is C36H42N4O3. The van der Waals surface area contributed by atoms with Crippen molar-refractivity contribution in [3.8, 4) is 5.75 Å². The first-order valence-corrected chi connectivity index (χ1v) is 15.4. The van der Waals surface area contributed by atoms with Crippen molar-refractivity contribution in [2.75, 3.05) is 44.7 Å². The van der Waals surface area contributed by atoms with E-state index in [9.17, 15) is 4.79 Å². The summed E-state index contributed by atoms with van der Waals surface area (Å²) in [6, 6.07) is 23.1. The number of nitrogens with two attached hydrogens (primary N) is 1. The summed E-state index contributed by atoms with van der Waals surface area (Å²) in [5.41, 5.74) is 11.8. The minimum Gasteiger partial charge on any atom is -0.493 e. The number of anilines is 1. The van der Waals surface area contributed by atoms with E-state index in [4.69, 9.17) is 19.0 Å². The van der Waals surface area contributed by atoms with Crippen molar-refractivity contribution in [3.05, 3.63) is 95.2 Å². The molecule has 3 aliphatic rings. The molecule has 7 rings (SSSR count). The molecule has 224 valence electrons. The highest BCUT2D eigenvalue weighted by Crippen LogP contribution is 2.53. The van der Waals surface area contributed by atoms with Gasteiger partial charge in [0.2, 0.25) is 5.91 Å². The zero-order valence-electron chi connectivity index (χ0n) is 28.0. The van der Waals surface area contributed by atoms with Crippen molar-refractivity contribution in [1.29, 1.82) is 0 Å². The van der Waals surface area contributed by atoms with Gasteiger partial charge in [-0.25, -0.2) is 0 Å². The van der Waals surface area contributed by atoms with Gasteiger partial charge in [-0.05, 0) is 77.9 Å². The van der Waals surface area contributed by atoms with E-state index in [1.807, 2.05) is 36.4 Å². The Morgan fingerprint density at radius 3 is 2.63 bits per heavy atom. The summed E-state index contributed by atoms with van der Waals surface area (Å²) in [5.74, 6) is 0.287. The minimum atomic E-state index is -2.55. The molecule has 3 fully saturated rings. The molecule has 1 atom stereocenters. The number of carbonyl (C=O) groups excluding carboxylic acids is 1. The number of hydrogen-bond donors (Lipinski definition) is 1. The molecule has 3 heterocycles. The van der Waals surface area contributed by atoms with Gasteiger partial charge in [-0.15, -0.1) is 0 Å². The summed E-state index contributed by atoms with van der Waals surface area (Å²) in [5, 5.41) is 0.843. The number of furan rings is 1. The van der Waals surface area contributed by atoms with Crippen LogP contribution in [0.5, 0.6) is 5.75 Å². The fraction of sp³-hybridized carbons (Fsp3) is 0.417. The van der Waals surface area contributed by atoms with Gasteiger partial charge in [-0.3, -0.25) is 14.6 Å². The standard InChI is InChI=1S/C36H42N4O3/c1-24(2)30-6-4-5-7-31(30)32-21-38(20-25-16-27-12-15-43-34(27)33(17-25)42-3)13-14-40(32)29-18-36(19-29)22-39(23-36)28-10-8-26(9-11-28)35(37)41/h4-12,15-17,24,29,32H,13-14,18-23H2,1-3H3,(H2,37,41)/t32-/m0/s1/i3D3. The van der Waals surface area contributed by atoms with Crippen LogP contribution in [-0.4, -0.2) is 61.5 Å². The first-order valence-electron chi connectivity index (χ1n) is 16.9. The predicted octanol–water partition coefficient (Wildman–Crippen LogP) is 6.19. The highest BCUT2D eigenvalue weighted by molar-refractivity contribution is 5.93. The van der Waals surface area contributed by atoms with Crippen molar-refractivity contribution in [3.63, 3.8) is 0 Å². The summed E-state index contributed by atoms with van der Waals surface area (Å²) in [7, 11) is -2.55. The lowest BCUT2D eigenvalue weighted by atomic mass is 9.59. The third kappa shape index (κ3) is 5.19. The van der Waals surface area contributed by atoms with E-state index in [0.717, 1.165) is 49.4 Å². The van der Waals surface area contributed by atoms with Crippen LogP contribution in [0.2, 0.25) is 0 Å². The van der Waals surface area contributed by atoms with E-state index in [-0.39, 0.29) is 11.8 Å². The molecule has 2 N–H and O–H groups in total. The third-order valence-electron chi connectivity index (χ3n) is 9.95. The molecule has 7 heteroatoms. The molecule has 4 aromatic rings. The van der Waals surface area contributed by atoms with Crippen LogP contribution in [0.3, 0.4) is 0 Å². The number of piperazine rings is 1. The number of hydrogen-bond acceptors (Lipinski definition) is 6. The molecule has 3 aromatic carbocycles. The number of methoxy groups -OCH3 is 1. The average molecular weight is 582 g/mol. The van der Waals surface area contributed by atoms with Crippen LogP contribution in [0.15, 0.2) is 77.4 Å². The zero-order valence-corrected chi connectivity index (χ0v) is 25.0. The summed E-state index contributed by atoms with van der Waals surface area (Å²) < 4.78 is 33.8. The Bertz CT molecular complexity index is 1720. The van der Waals surface area contributed by atoms with E-state index in [2.05, 4.69) is 58.9 Å². The van der Waals surface area contributed by atoms with E-state index in [1.165, 1.54) is 24.0 Å². The molecular weight excluding hydrogens is 536 g/mol. The van der Waals surface area contributed by atoms with Crippen LogP contribution < -0.4 is 15.4 Å². The first-order chi connectivity index (χ1) is 22.0. The average Bonchev–Trinajstić information content (AvgIpc) is 3.45. The predicted molar refractivity (Wildman–Crippen MR) is 171 cm³/mol. The molecule has 7 nitrogen and oxygen atoms in total. The van der Waals surface area contributed by atoms with Crippen LogP contribution in [0, 0.1) is 5.41 Å². The number of benzene rings is 3. The van der Waals surface area contributed by atoms with Crippen molar-refractivity contribution in [2.24, 2.45) is 11.1 Å². The lowest BCUT2D eigenvalue weighted by molar-refractivity contribution is -0.0647. The van der Waals surface area contributed by atoms with Crippen LogP contribution in [0.4, 0.5) is 5.69 Å². The molecule has 1 amide bonds. The maximum absolute atomic E-state index is 11.5. The van der Waals surface area contributed by atoms with Crippen molar-refractivity contribution in [2.45, 2.75) is 51.2 Å². The summed E-state index contributed by atoms with van der Waals surface area (Å²) in [6.07, 6.45) is 3.96. The van der Waals surface area contributed by atoms with Gasteiger partial charge in [-0.2, -0.15) is 0 Å². The van der Waals surface area contributed by atoms with E-state index in [1.54, 1.807) is 6.26 Å². The Morgan fingerprint density at radius 1 is 1.09 bits per heavy atom. The van der Waals surface area contributed by atoms with Crippen LogP contribution >= 0.6 is 0 Å². The maximum atomic E-state index is 11.5. The molecule has 0 bridgehead atoms. The first kappa shape index (κ1) is 24.6. The molecule has 1 spiro atoms. The largest absolute Gasteiger partial charge is 0.493 e. The second-order valence-electron chi connectivity index (χ2n) is 13.1. The minimum absolute atomic E-state index is 0.260. The summed E-state index contributed by atoms with van der Waals surface area (Å²) in [6.45, 7) is 10.1. The van der Waals surface area contributed by atoms with E-state index >= 15 is 0 Å². The van der Waals surface area contributed by atoms with Gasteiger partial charge >= 0.3 is 0 Å². The highest BCUT2D eigenvalue weighted by Gasteiger charge is 2.55. The smallest absolute Gasteiger partial charge is 0.248 e. The van der Waals surface area contributed by atoms with Gasteiger partial charge in [-0.1, -0.05) is 38.1 Å². The Hall–Kier alpha value is -3.81. The van der Waals surface area contributed by atoms with Gasteiger partial charge in [0.05, 0.1) is 17.4 Å². The van der Waals surface area contributed by atoms with Crippen molar-refractivity contribution in [1.82, 2.24) is 9.80 Å². The van der Waals surface area contributed by atoms with Gasteiger partial charge < -0.3 is 19.8 Å². The molecule has 1 saturated carbocycles. The Kier molecular flexibility index (Phi) is 6.32. The molecule has 1 aromatic heterocycles. The van der Waals surface area contributed by atoms with E-state index < -0.39 is 12.9 Å². The van der Waals surface area contributed by atoms with Crippen molar-refractivity contribution >= 4 is 22.6 Å². The maximum Gasteiger partial charge on any atom is 0.248 e. The molecule has 1 aliphatic carbocycles. The number of rotatable bonds is 8. The molecule has 43 heavy (non-hydrogen) atoms. The molecule has 2 saturated heterocycles. The quantitative estimate of drug-likeness (QED) is 0.267. The third-order valence-corrected chi connectivity index (χ3v) is 9.95. The van der Waals surface area contributed by atoms with Crippen LogP contribution in [0.1, 0.15) is 69.8 Å². The monoisotopic (exact) mass is 581 g/mol. The Balaban J connectivity index is 1.08. The Morgan fingerprint density at radius 2 is 1.88 bits per heavy atom. The zero-order chi connectivity index (χ0) is 32.2. The number of carbonyl (C=O) groups is 1. The van der Waals surface area contributed by atoms with Gasteiger partial charge in [0, 0.05) is 73.4 Å². The van der Waals surface area contributed by atoms with E-state index in [0.29, 0.717) is 35.1 Å². The lowest BCUT2D eigenvalue weighted by Crippen LogP contribution is -2.68. The van der Waals surface area contributed by atoms with Gasteiger partial charge in [0.1, 0.15) is 0 Å². The molecule has 2 aliphatic heterocycles. The second-order valence-corrected chi connectivity index (χ2v) is 13.1. The molecule has 0 radical (unpaired) electrons. The summed E-state index contributed by atoms with van der Waals surface area (Å²) in [4.78, 5) is 19.1. The number of nitrogens with zero attached hydrogens (tertiary/aromatic N) is 3. The highest BCUT2D eigenvalue weighted by atomic mass is 16.5. The fourth-order valence-corrected chi connectivity index (χ4v) is 7.80. The summed E-state index contributed by atoms with van der Waals surface area (Å²) >= 11 is 0. The molecule has 0 unspecified atom stereocenters. The van der Waals surface area contributed by atoms with Crippen LogP contribution in [0.25, 0.3) is 11.0 Å². The SMILES string of the molecule is [2H]C([2H])([2H])Oc1cc(CN2CCN(C3CC4(C3)CN(c3ccc(C(N)=O)cc3)C4)[C@H](c3ccccc3C(C)C)C2)cc2ccoc12. The fourth-order valence-electron chi connectivity index (χ4n) is 7.80. The number of ether oxygens (including phenoxy) is 1.